The van der Waals surface area contributed by atoms with Crippen molar-refractivity contribution in [2.24, 2.45) is 0 Å². The molecular weight excluding hydrogens is 623 g/mol. The molecule has 3 fully saturated rings. The number of carbonyl (C=O) groups excluding carboxylic acids is 1. The van der Waals surface area contributed by atoms with E-state index in [2.05, 4.69) is 56.0 Å². The number of hydroxylamine groups is 1. The van der Waals surface area contributed by atoms with Crippen molar-refractivity contribution in [3.05, 3.63) is 71.8 Å². The van der Waals surface area contributed by atoms with Crippen LogP contribution in [-0.4, -0.2) is 91.7 Å². The normalized spacial score (nSPS) is 20.6. The highest BCUT2D eigenvalue weighted by molar-refractivity contribution is 6.30. The summed E-state index contributed by atoms with van der Waals surface area (Å²) < 4.78 is 20.7. The molecule has 2 N–H and O–H groups in total. The van der Waals surface area contributed by atoms with Crippen LogP contribution in [0.2, 0.25) is 5.02 Å². The van der Waals surface area contributed by atoms with Gasteiger partial charge in [0.2, 0.25) is 5.91 Å². The highest BCUT2D eigenvalue weighted by Gasteiger charge is 2.33. The number of aromatic nitrogens is 2. The predicted molar refractivity (Wildman–Crippen MR) is 183 cm³/mol. The van der Waals surface area contributed by atoms with Crippen LogP contribution in [0.1, 0.15) is 37.3 Å². The lowest BCUT2D eigenvalue weighted by molar-refractivity contribution is -0.111. The molecule has 47 heavy (non-hydrogen) atoms. The number of piperidine rings is 1. The molecule has 0 radical (unpaired) electrons. The van der Waals surface area contributed by atoms with E-state index in [0.717, 1.165) is 44.7 Å². The topological polar surface area (TPSA) is 98.3 Å². The van der Waals surface area contributed by atoms with Crippen molar-refractivity contribution >= 4 is 46.2 Å². The number of carbonyl (C=O) groups is 1. The fraction of sp³-hybridized carbons (Fsp3) is 0.441. The Morgan fingerprint density at radius 2 is 1.91 bits per heavy atom. The SMILES string of the molecule is C=CC(=O)Nc1cc(Nc2cc(N3OCC[C@@H]3c3ccc(Cl)cc3F)ncn2)c(OC)cc1N1CCC(N2CC[C@@H](N(C)C)C2)CC1. The third-order valence-electron chi connectivity index (χ3n) is 9.38. The van der Waals surface area contributed by atoms with Crippen LogP contribution >= 0.6 is 11.6 Å². The number of nitrogens with one attached hydrogen (secondary N) is 2. The van der Waals surface area contributed by atoms with Crippen molar-refractivity contribution < 1.29 is 18.8 Å². The summed E-state index contributed by atoms with van der Waals surface area (Å²) in [6.07, 6.45) is 6.55. The van der Waals surface area contributed by atoms with Crippen molar-refractivity contribution in [3.8, 4) is 5.75 Å². The molecule has 2 atom stereocenters. The number of halogens is 2. The van der Waals surface area contributed by atoms with Gasteiger partial charge in [-0.25, -0.2) is 19.4 Å². The lowest BCUT2D eigenvalue weighted by Gasteiger charge is -2.39. The summed E-state index contributed by atoms with van der Waals surface area (Å²) in [6, 6.07) is 10.9. The molecule has 0 aliphatic carbocycles. The third-order valence-corrected chi connectivity index (χ3v) is 9.61. The number of likely N-dealkylation sites (tertiary alicyclic amines) is 1. The monoisotopic (exact) mass is 664 g/mol. The van der Waals surface area contributed by atoms with Crippen LogP contribution in [0.4, 0.5) is 33.1 Å². The predicted octanol–water partition coefficient (Wildman–Crippen LogP) is 5.63. The molecular formula is C34H42ClFN8O3. The number of nitrogens with zero attached hydrogens (tertiary/aromatic N) is 6. The lowest BCUT2D eigenvalue weighted by atomic mass is 10.0. The van der Waals surface area contributed by atoms with Crippen LogP contribution in [0.5, 0.6) is 5.75 Å². The van der Waals surface area contributed by atoms with Crippen molar-refractivity contribution in [1.29, 1.82) is 0 Å². The van der Waals surface area contributed by atoms with Crippen LogP contribution in [0.25, 0.3) is 0 Å². The third kappa shape index (κ3) is 7.30. The molecule has 6 rings (SSSR count). The van der Waals surface area contributed by atoms with Crippen LogP contribution < -0.4 is 25.3 Å². The molecule has 0 saturated carbocycles. The Morgan fingerprint density at radius 3 is 2.62 bits per heavy atom. The number of likely N-dealkylation sites (N-methyl/N-ethyl adjacent to an activating group) is 1. The smallest absolute Gasteiger partial charge is 0.247 e. The summed E-state index contributed by atoms with van der Waals surface area (Å²) in [5.74, 6) is 0.816. The molecule has 1 aromatic heterocycles. The number of anilines is 5. The molecule has 250 valence electrons. The highest BCUT2D eigenvalue weighted by atomic mass is 35.5. The maximum absolute atomic E-state index is 14.8. The average molecular weight is 665 g/mol. The van der Waals surface area contributed by atoms with Gasteiger partial charge in [0, 0.05) is 67.4 Å². The van der Waals surface area contributed by atoms with E-state index in [1.807, 2.05) is 12.1 Å². The van der Waals surface area contributed by atoms with Gasteiger partial charge >= 0.3 is 0 Å². The molecule has 13 heteroatoms. The summed E-state index contributed by atoms with van der Waals surface area (Å²) in [5, 5.41) is 8.25. The van der Waals surface area contributed by atoms with Gasteiger partial charge in [0.1, 0.15) is 23.7 Å². The van der Waals surface area contributed by atoms with Crippen molar-refractivity contribution in [2.75, 3.05) is 74.6 Å². The number of hydrogen-bond acceptors (Lipinski definition) is 10. The van der Waals surface area contributed by atoms with Gasteiger partial charge in [-0.15, -0.1) is 0 Å². The summed E-state index contributed by atoms with van der Waals surface area (Å²) in [6.45, 7) is 8.02. The van der Waals surface area contributed by atoms with Crippen LogP contribution in [-0.2, 0) is 9.63 Å². The molecule has 1 amide bonds. The van der Waals surface area contributed by atoms with Gasteiger partial charge in [-0.05, 0) is 57.6 Å². The molecule has 3 aliphatic rings. The summed E-state index contributed by atoms with van der Waals surface area (Å²) in [5.41, 5.74) is 2.60. The Morgan fingerprint density at radius 1 is 1.11 bits per heavy atom. The second-order valence-corrected chi connectivity index (χ2v) is 12.8. The molecule has 3 saturated heterocycles. The van der Waals surface area contributed by atoms with Gasteiger partial charge in [-0.1, -0.05) is 24.2 Å². The Balaban J connectivity index is 1.22. The van der Waals surface area contributed by atoms with Crippen molar-refractivity contribution in [3.63, 3.8) is 0 Å². The van der Waals surface area contributed by atoms with Crippen molar-refractivity contribution in [2.45, 2.75) is 43.8 Å². The number of ether oxygens (including phenoxy) is 1. The molecule has 3 aliphatic heterocycles. The Bertz CT molecular complexity index is 1600. The zero-order chi connectivity index (χ0) is 33.1. The maximum Gasteiger partial charge on any atom is 0.247 e. The number of amides is 1. The average Bonchev–Trinajstić information content (AvgIpc) is 3.76. The quantitative estimate of drug-likeness (QED) is 0.265. The minimum absolute atomic E-state index is 0.306. The Hall–Kier alpha value is -3.97. The second kappa shape index (κ2) is 14.4. The van der Waals surface area contributed by atoms with Gasteiger partial charge in [-0.2, -0.15) is 0 Å². The summed E-state index contributed by atoms with van der Waals surface area (Å²) >= 11 is 5.99. The molecule has 0 bridgehead atoms. The fourth-order valence-corrected chi connectivity index (χ4v) is 6.96. The van der Waals surface area contributed by atoms with Crippen LogP contribution in [0.3, 0.4) is 0 Å². The van der Waals surface area contributed by atoms with Gasteiger partial charge in [0.25, 0.3) is 0 Å². The minimum Gasteiger partial charge on any atom is -0.494 e. The summed E-state index contributed by atoms with van der Waals surface area (Å²) in [4.78, 5) is 34.5. The second-order valence-electron chi connectivity index (χ2n) is 12.4. The highest BCUT2D eigenvalue weighted by Crippen LogP contribution is 2.41. The molecule has 0 unspecified atom stereocenters. The van der Waals surface area contributed by atoms with E-state index >= 15 is 0 Å². The Labute approximate surface area is 280 Å². The maximum atomic E-state index is 14.8. The first kappa shape index (κ1) is 33.0. The van der Waals surface area contributed by atoms with E-state index in [4.69, 9.17) is 21.2 Å². The first-order chi connectivity index (χ1) is 22.7. The first-order valence-electron chi connectivity index (χ1n) is 16.0. The molecule has 11 nitrogen and oxygen atoms in total. The van der Waals surface area contributed by atoms with E-state index in [-0.39, 0.29) is 11.9 Å². The van der Waals surface area contributed by atoms with Crippen LogP contribution in [0, 0.1) is 5.82 Å². The van der Waals surface area contributed by atoms with E-state index < -0.39 is 5.82 Å². The lowest BCUT2D eigenvalue weighted by Crippen LogP contribution is -2.45. The van der Waals surface area contributed by atoms with Crippen LogP contribution in [0.15, 0.2) is 55.4 Å². The fourth-order valence-electron chi connectivity index (χ4n) is 6.80. The largest absolute Gasteiger partial charge is 0.494 e. The Kier molecular flexibility index (Phi) is 10.1. The number of rotatable bonds is 10. The number of benzene rings is 2. The van der Waals surface area contributed by atoms with Gasteiger partial charge in [-0.3, -0.25) is 14.5 Å². The van der Waals surface area contributed by atoms with E-state index in [1.165, 1.54) is 24.9 Å². The van der Waals surface area contributed by atoms with E-state index in [0.29, 0.717) is 64.5 Å². The number of methoxy groups -OCH3 is 1. The molecule has 2 aromatic carbocycles. The summed E-state index contributed by atoms with van der Waals surface area (Å²) in [7, 11) is 5.93. The van der Waals surface area contributed by atoms with Gasteiger partial charge in [0.15, 0.2) is 5.82 Å². The van der Waals surface area contributed by atoms with Gasteiger partial charge in [0.05, 0.1) is 36.8 Å². The van der Waals surface area contributed by atoms with E-state index in [9.17, 15) is 9.18 Å². The zero-order valence-electron chi connectivity index (χ0n) is 27.1. The van der Waals surface area contributed by atoms with Gasteiger partial charge < -0.3 is 25.2 Å². The molecule has 0 spiro atoms. The van der Waals surface area contributed by atoms with Crippen molar-refractivity contribution in [1.82, 2.24) is 19.8 Å². The first-order valence-corrected chi connectivity index (χ1v) is 16.4. The molecule has 3 aromatic rings. The zero-order valence-corrected chi connectivity index (χ0v) is 27.8. The van der Waals surface area contributed by atoms with E-state index in [1.54, 1.807) is 30.4 Å². The standard InChI is InChI=1S/C34H42ClFN8O3/c1-5-34(45)40-27-17-28(31(46-4)18-30(27)42-12-8-23(9-13-42)43-14-10-24(20-43)41(2)3)39-32-19-33(38-21-37-32)44-29(11-15-47-44)25-7-6-22(35)16-26(25)36/h5-7,16-19,21,23-24,29H,1,8-15,20H2,2-4H3,(H,40,45)(H,37,38,39)/t24-,29-/m1/s1. The molecule has 4 heterocycles. The minimum atomic E-state index is -0.400. The number of hydrogen-bond donors (Lipinski definition) is 2.